The number of nitrogens with one attached hydrogen (secondary N) is 1. The average Bonchev–Trinajstić information content (AvgIpc) is 2.09. The van der Waals surface area contributed by atoms with Crippen LogP contribution >= 0.6 is 11.8 Å². The van der Waals surface area contributed by atoms with Crippen LogP contribution in [-0.2, 0) is 4.79 Å². The molecule has 0 spiro atoms. The lowest BCUT2D eigenvalue weighted by Gasteiger charge is -2.18. The maximum absolute atomic E-state index is 11.4. The molecule has 14 heavy (non-hydrogen) atoms. The summed E-state index contributed by atoms with van der Waals surface area (Å²) in [4.78, 5) is 11.4. The molecular formula is C11H19NOS. The van der Waals surface area contributed by atoms with Gasteiger partial charge in [-0.3, -0.25) is 4.79 Å². The lowest BCUT2D eigenvalue weighted by atomic mass is 10.2. The summed E-state index contributed by atoms with van der Waals surface area (Å²) >= 11 is 1.62. The second kappa shape index (κ2) is 5.98. The van der Waals surface area contributed by atoms with Gasteiger partial charge >= 0.3 is 0 Å². The Morgan fingerprint density at radius 3 is 2.50 bits per heavy atom. The van der Waals surface area contributed by atoms with Gasteiger partial charge in [-0.05, 0) is 6.42 Å². The minimum Gasteiger partial charge on any atom is -0.342 e. The van der Waals surface area contributed by atoms with Gasteiger partial charge in [0.1, 0.15) is 0 Å². The zero-order chi connectivity index (χ0) is 11.2. The maximum Gasteiger partial charge on any atom is 0.230 e. The summed E-state index contributed by atoms with van der Waals surface area (Å²) in [6.07, 6.45) is 6.02. The quantitative estimate of drug-likeness (QED) is 0.724. The fraction of sp³-hybridized carbons (Fsp3) is 0.727. The largest absolute Gasteiger partial charge is 0.342 e. The first-order valence-corrected chi connectivity index (χ1v) is 5.77. The Kier molecular flexibility index (Phi) is 5.71. The molecule has 0 aliphatic rings. The van der Waals surface area contributed by atoms with Crippen molar-refractivity contribution in [3.8, 4) is 12.3 Å². The summed E-state index contributed by atoms with van der Waals surface area (Å²) in [5.41, 5.74) is 0. The van der Waals surface area contributed by atoms with Gasteiger partial charge < -0.3 is 5.32 Å². The molecule has 0 fully saturated rings. The number of amides is 1. The smallest absolute Gasteiger partial charge is 0.230 e. The fourth-order valence-corrected chi connectivity index (χ4v) is 1.43. The molecule has 3 heteroatoms. The third-order valence-electron chi connectivity index (χ3n) is 1.58. The van der Waals surface area contributed by atoms with Gasteiger partial charge in [0.25, 0.3) is 0 Å². The minimum atomic E-state index is -0.122. The number of carbonyl (C=O) groups is 1. The molecule has 0 aliphatic carbocycles. The number of hydrogen-bond donors (Lipinski definition) is 1. The van der Waals surface area contributed by atoms with Gasteiger partial charge in [0.2, 0.25) is 5.91 Å². The molecule has 1 N–H and O–H groups in total. The number of terminal acetylenes is 1. The number of thioether (sulfide) groups is 1. The zero-order valence-electron chi connectivity index (χ0n) is 9.39. The van der Waals surface area contributed by atoms with Crippen LogP contribution in [0.4, 0.5) is 0 Å². The van der Waals surface area contributed by atoms with Crippen LogP contribution in [-0.4, -0.2) is 22.4 Å². The second-order valence-electron chi connectivity index (χ2n) is 4.10. The van der Waals surface area contributed by atoms with E-state index in [1.54, 1.807) is 11.8 Å². The normalized spacial score (nSPS) is 13.1. The summed E-state index contributed by atoms with van der Waals surface area (Å²) < 4.78 is 0.120. The molecule has 0 saturated carbocycles. The van der Waals surface area contributed by atoms with Crippen LogP contribution in [0.25, 0.3) is 0 Å². The summed E-state index contributed by atoms with van der Waals surface area (Å²) in [6, 6.07) is -0.122. The van der Waals surface area contributed by atoms with Crippen molar-refractivity contribution in [2.45, 2.75) is 44.9 Å². The number of carbonyl (C=O) groups excluding carboxylic acids is 1. The Balaban J connectivity index is 3.83. The van der Waals surface area contributed by atoms with Crippen LogP contribution in [0.2, 0.25) is 0 Å². The molecule has 0 saturated heterocycles. The van der Waals surface area contributed by atoms with Crippen LogP contribution in [0.5, 0.6) is 0 Å². The Morgan fingerprint density at radius 1 is 1.57 bits per heavy atom. The third kappa shape index (κ3) is 6.85. The highest BCUT2D eigenvalue weighted by Gasteiger charge is 2.14. The zero-order valence-corrected chi connectivity index (χ0v) is 10.2. The number of rotatable bonds is 4. The molecule has 0 radical (unpaired) electrons. The molecule has 0 rings (SSSR count). The molecule has 0 aromatic rings. The summed E-state index contributed by atoms with van der Waals surface area (Å²) in [5, 5.41) is 2.79. The molecule has 1 amide bonds. The highest BCUT2D eigenvalue weighted by molar-refractivity contribution is 8.01. The van der Waals surface area contributed by atoms with Crippen molar-refractivity contribution >= 4 is 17.7 Å². The van der Waals surface area contributed by atoms with E-state index < -0.39 is 0 Å². The SMILES string of the molecule is C#CC(CC)NC(=O)CSC(C)(C)C. The Labute approximate surface area is 91.2 Å². The Hall–Kier alpha value is -0.620. The van der Waals surface area contributed by atoms with Crippen molar-refractivity contribution in [2.75, 3.05) is 5.75 Å². The molecule has 1 unspecified atom stereocenters. The fourth-order valence-electron chi connectivity index (χ4n) is 0.780. The molecule has 0 bridgehead atoms. The monoisotopic (exact) mass is 213 g/mol. The van der Waals surface area contributed by atoms with Crippen molar-refractivity contribution in [1.29, 1.82) is 0 Å². The first-order chi connectivity index (χ1) is 6.39. The lowest BCUT2D eigenvalue weighted by molar-refractivity contribution is -0.118. The molecule has 0 aromatic carbocycles. The highest BCUT2D eigenvalue weighted by Crippen LogP contribution is 2.22. The van der Waals surface area contributed by atoms with E-state index in [2.05, 4.69) is 32.0 Å². The van der Waals surface area contributed by atoms with E-state index >= 15 is 0 Å². The van der Waals surface area contributed by atoms with Gasteiger partial charge in [-0.25, -0.2) is 0 Å². The van der Waals surface area contributed by atoms with Gasteiger partial charge in [0, 0.05) is 4.75 Å². The van der Waals surface area contributed by atoms with Crippen molar-refractivity contribution < 1.29 is 4.79 Å². The van der Waals surface area contributed by atoms with Crippen LogP contribution in [0.15, 0.2) is 0 Å². The van der Waals surface area contributed by atoms with E-state index in [1.165, 1.54) is 0 Å². The van der Waals surface area contributed by atoms with E-state index in [9.17, 15) is 4.79 Å². The van der Waals surface area contributed by atoms with Crippen molar-refractivity contribution in [3.05, 3.63) is 0 Å². The standard InChI is InChI=1S/C11H19NOS/c1-6-9(7-2)12-10(13)8-14-11(3,4)5/h1,9H,7-8H2,2-5H3,(H,12,13). The molecular weight excluding hydrogens is 194 g/mol. The van der Waals surface area contributed by atoms with Crippen LogP contribution < -0.4 is 5.32 Å². The summed E-state index contributed by atoms with van der Waals surface area (Å²) in [5.74, 6) is 3.04. The molecule has 0 aromatic heterocycles. The van der Waals surface area contributed by atoms with Crippen LogP contribution in [0, 0.1) is 12.3 Å². The van der Waals surface area contributed by atoms with E-state index in [4.69, 9.17) is 6.42 Å². The van der Waals surface area contributed by atoms with Crippen molar-refractivity contribution in [3.63, 3.8) is 0 Å². The molecule has 80 valence electrons. The predicted octanol–water partition coefficient (Wildman–Crippen LogP) is 2.05. The third-order valence-corrected chi connectivity index (χ3v) is 2.85. The Bertz CT molecular complexity index is 224. The van der Waals surface area contributed by atoms with Crippen LogP contribution in [0.3, 0.4) is 0 Å². The molecule has 0 aliphatic heterocycles. The predicted molar refractivity (Wildman–Crippen MR) is 63.3 cm³/mol. The van der Waals surface area contributed by atoms with Gasteiger partial charge in [-0.1, -0.05) is 33.6 Å². The highest BCUT2D eigenvalue weighted by atomic mass is 32.2. The maximum atomic E-state index is 11.4. The van der Waals surface area contributed by atoms with Gasteiger partial charge in [0.15, 0.2) is 0 Å². The minimum absolute atomic E-state index is 0.0229. The average molecular weight is 213 g/mol. The van der Waals surface area contributed by atoms with Gasteiger partial charge in [0.05, 0.1) is 11.8 Å². The van der Waals surface area contributed by atoms with Gasteiger partial charge in [-0.2, -0.15) is 0 Å². The molecule has 0 heterocycles. The Morgan fingerprint density at radius 2 is 2.14 bits per heavy atom. The second-order valence-corrected chi connectivity index (χ2v) is 5.90. The van der Waals surface area contributed by atoms with Crippen LogP contribution in [0.1, 0.15) is 34.1 Å². The van der Waals surface area contributed by atoms with E-state index in [-0.39, 0.29) is 16.7 Å². The summed E-state index contributed by atoms with van der Waals surface area (Å²) in [7, 11) is 0. The van der Waals surface area contributed by atoms with E-state index in [1.807, 2.05) is 6.92 Å². The first-order valence-electron chi connectivity index (χ1n) is 4.78. The number of hydrogen-bond acceptors (Lipinski definition) is 2. The molecule has 2 nitrogen and oxygen atoms in total. The van der Waals surface area contributed by atoms with E-state index in [0.29, 0.717) is 5.75 Å². The van der Waals surface area contributed by atoms with Crippen molar-refractivity contribution in [2.24, 2.45) is 0 Å². The molecule has 1 atom stereocenters. The topological polar surface area (TPSA) is 29.1 Å². The van der Waals surface area contributed by atoms with Gasteiger partial charge in [-0.15, -0.1) is 18.2 Å². The van der Waals surface area contributed by atoms with E-state index in [0.717, 1.165) is 6.42 Å². The lowest BCUT2D eigenvalue weighted by Crippen LogP contribution is -2.35. The first kappa shape index (κ1) is 13.4. The summed E-state index contributed by atoms with van der Waals surface area (Å²) in [6.45, 7) is 8.22. The van der Waals surface area contributed by atoms with Crippen molar-refractivity contribution in [1.82, 2.24) is 5.32 Å².